The number of nitrogens with zero attached hydrogens (tertiary/aromatic N) is 1. The van der Waals surface area contributed by atoms with Crippen molar-refractivity contribution in [2.75, 3.05) is 19.6 Å². The second kappa shape index (κ2) is 5.65. The lowest BCUT2D eigenvalue weighted by Gasteiger charge is -2.37. The number of rotatable bonds is 4. The minimum atomic E-state index is 0.223. The fraction of sp³-hybridized carbons (Fsp3) is 0.462. The zero-order valence-corrected chi connectivity index (χ0v) is 11.5. The highest BCUT2D eigenvalue weighted by Gasteiger charge is 2.26. The summed E-state index contributed by atoms with van der Waals surface area (Å²) in [6.45, 7) is 4.69. The third kappa shape index (κ3) is 3.07. The molecule has 0 saturated carbocycles. The molecule has 1 aliphatic rings. The van der Waals surface area contributed by atoms with E-state index in [0.29, 0.717) is 12.5 Å². The molecule has 17 heavy (non-hydrogen) atoms. The van der Waals surface area contributed by atoms with E-state index < -0.39 is 0 Å². The van der Waals surface area contributed by atoms with Gasteiger partial charge in [-0.05, 0) is 24.6 Å². The van der Waals surface area contributed by atoms with Gasteiger partial charge in [0.1, 0.15) is 0 Å². The van der Waals surface area contributed by atoms with E-state index in [0.717, 1.165) is 29.7 Å². The van der Waals surface area contributed by atoms with Crippen molar-refractivity contribution in [1.29, 1.82) is 0 Å². The summed E-state index contributed by atoms with van der Waals surface area (Å²) in [5, 5.41) is 3.20. The lowest BCUT2D eigenvalue weighted by atomic mass is 10.1. The maximum atomic E-state index is 12.1. The molecule has 1 aromatic carbocycles. The third-order valence-corrected chi connectivity index (χ3v) is 3.66. The Balaban J connectivity index is 1.97. The average Bonchev–Trinajstić information content (AvgIpc) is 2.26. The van der Waals surface area contributed by atoms with Gasteiger partial charge in [-0.3, -0.25) is 4.79 Å². The Morgan fingerprint density at radius 3 is 2.53 bits per heavy atom. The maximum absolute atomic E-state index is 12.1. The Labute approximate surface area is 110 Å². The number of carbonyl (C=O) groups excluding carboxylic acids is 1. The van der Waals surface area contributed by atoms with Crippen LogP contribution in [0.15, 0.2) is 28.7 Å². The molecule has 0 spiro atoms. The van der Waals surface area contributed by atoms with Gasteiger partial charge in [0, 0.05) is 24.1 Å². The van der Waals surface area contributed by atoms with E-state index in [4.69, 9.17) is 0 Å². The van der Waals surface area contributed by atoms with E-state index in [2.05, 4.69) is 21.2 Å². The predicted octanol–water partition coefficient (Wildman–Crippen LogP) is 1.81. The number of halogens is 1. The monoisotopic (exact) mass is 296 g/mol. The summed E-state index contributed by atoms with van der Waals surface area (Å²) >= 11 is 3.39. The molecule has 1 aliphatic heterocycles. The molecule has 1 fully saturated rings. The first-order valence-electron chi connectivity index (χ1n) is 5.95. The average molecular weight is 297 g/mol. The van der Waals surface area contributed by atoms with Crippen LogP contribution >= 0.6 is 15.9 Å². The Hall–Kier alpha value is -0.870. The quantitative estimate of drug-likeness (QED) is 0.919. The van der Waals surface area contributed by atoms with Crippen LogP contribution < -0.4 is 5.32 Å². The normalized spacial score (nSPS) is 15.4. The van der Waals surface area contributed by atoms with Crippen molar-refractivity contribution in [2.24, 2.45) is 0 Å². The van der Waals surface area contributed by atoms with Crippen LogP contribution in [0, 0.1) is 0 Å². The first-order valence-corrected chi connectivity index (χ1v) is 6.74. The van der Waals surface area contributed by atoms with Crippen molar-refractivity contribution < 1.29 is 4.79 Å². The van der Waals surface area contributed by atoms with E-state index in [1.165, 1.54) is 0 Å². The molecular formula is C13H17BrN2O. The fourth-order valence-electron chi connectivity index (χ4n) is 2.01. The zero-order valence-electron chi connectivity index (χ0n) is 9.95. The highest BCUT2D eigenvalue weighted by Crippen LogP contribution is 2.13. The number of hydrogen-bond acceptors (Lipinski definition) is 2. The van der Waals surface area contributed by atoms with Gasteiger partial charge in [-0.25, -0.2) is 0 Å². The van der Waals surface area contributed by atoms with Crippen LogP contribution in [0.2, 0.25) is 0 Å². The molecule has 1 N–H and O–H groups in total. The van der Waals surface area contributed by atoms with Gasteiger partial charge in [0.25, 0.3) is 0 Å². The van der Waals surface area contributed by atoms with Gasteiger partial charge in [-0.1, -0.05) is 28.1 Å². The molecular weight excluding hydrogens is 280 g/mol. The first kappa shape index (κ1) is 12.6. The lowest BCUT2D eigenvalue weighted by molar-refractivity contribution is -0.133. The highest BCUT2D eigenvalue weighted by atomic mass is 79.9. The second-order valence-electron chi connectivity index (χ2n) is 4.30. The summed E-state index contributed by atoms with van der Waals surface area (Å²) in [5.74, 6) is 0.223. The smallest absolute Gasteiger partial charge is 0.227 e. The standard InChI is InChI=1S/C13H17BrN2O/c1-2-16(12-8-15-9-12)13(17)7-10-3-5-11(14)6-4-10/h3-6,12,15H,2,7-9H2,1H3. The van der Waals surface area contributed by atoms with Crippen LogP contribution in [0.5, 0.6) is 0 Å². The van der Waals surface area contributed by atoms with Crippen molar-refractivity contribution in [3.63, 3.8) is 0 Å². The van der Waals surface area contributed by atoms with E-state index in [-0.39, 0.29) is 5.91 Å². The zero-order chi connectivity index (χ0) is 12.3. The molecule has 0 unspecified atom stereocenters. The molecule has 2 rings (SSSR count). The van der Waals surface area contributed by atoms with Crippen LogP contribution in [0.3, 0.4) is 0 Å². The first-order chi connectivity index (χ1) is 8.20. The summed E-state index contributed by atoms with van der Waals surface area (Å²) < 4.78 is 1.05. The molecule has 0 aliphatic carbocycles. The molecule has 1 aromatic rings. The van der Waals surface area contributed by atoms with Gasteiger partial charge in [0.05, 0.1) is 12.5 Å². The highest BCUT2D eigenvalue weighted by molar-refractivity contribution is 9.10. The van der Waals surface area contributed by atoms with Crippen molar-refractivity contribution in [2.45, 2.75) is 19.4 Å². The molecule has 3 nitrogen and oxygen atoms in total. The van der Waals surface area contributed by atoms with Gasteiger partial charge in [0.15, 0.2) is 0 Å². The van der Waals surface area contributed by atoms with Crippen molar-refractivity contribution in [3.05, 3.63) is 34.3 Å². The predicted molar refractivity (Wildman–Crippen MR) is 71.9 cm³/mol. The molecule has 0 atom stereocenters. The van der Waals surface area contributed by atoms with Gasteiger partial charge in [-0.15, -0.1) is 0 Å². The summed E-state index contributed by atoms with van der Waals surface area (Å²) in [4.78, 5) is 14.1. The van der Waals surface area contributed by atoms with Crippen LogP contribution in [0.25, 0.3) is 0 Å². The van der Waals surface area contributed by atoms with Gasteiger partial charge in [-0.2, -0.15) is 0 Å². The lowest BCUT2D eigenvalue weighted by Crippen LogP contribution is -2.59. The van der Waals surface area contributed by atoms with E-state index >= 15 is 0 Å². The molecule has 1 heterocycles. The number of likely N-dealkylation sites (N-methyl/N-ethyl adjacent to an activating group) is 1. The Morgan fingerprint density at radius 2 is 2.06 bits per heavy atom. The summed E-state index contributed by atoms with van der Waals surface area (Å²) in [6, 6.07) is 8.33. The number of nitrogens with one attached hydrogen (secondary N) is 1. The third-order valence-electron chi connectivity index (χ3n) is 3.13. The Bertz CT molecular complexity index is 387. The summed E-state index contributed by atoms with van der Waals surface area (Å²) in [6.07, 6.45) is 0.498. The minimum Gasteiger partial charge on any atom is -0.337 e. The van der Waals surface area contributed by atoms with Crippen molar-refractivity contribution in [3.8, 4) is 0 Å². The van der Waals surface area contributed by atoms with E-state index in [1.807, 2.05) is 36.1 Å². The van der Waals surface area contributed by atoms with E-state index in [9.17, 15) is 4.79 Å². The molecule has 0 radical (unpaired) electrons. The maximum Gasteiger partial charge on any atom is 0.227 e. The number of hydrogen-bond donors (Lipinski definition) is 1. The largest absolute Gasteiger partial charge is 0.337 e. The molecule has 1 amide bonds. The number of benzene rings is 1. The van der Waals surface area contributed by atoms with Crippen LogP contribution in [0.4, 0.5) is 0 Å². The van der Waals surface area contributed by atoms with E-state index in [1.54, 1.807) is 0 Å². The minimum absolute atomic E-state index is 0.223. The van der Waals surface area contributed by atoms with Crippen molar-refractivity contribution >= 4 is 21.8 Å². The SMILES string of the molecule is CCN(C(=O)Cc1ccc(Br)cc1)C1CNC1. The fourth-order valence-corrected chi connectivity index (χ4v) is 2.27. The number of amides is 1. The molecule has 1 saturated heterocycles. The van der Waals surface area contributed by atoms with Crippen LogP contribution in [0.1, 0.15) is 12.5 Å². The molecule has 0 bridgehead atoms. The summed E-state index contributed by atoms with van der Waals surface area (Å²) in [7, 11) is 0. The van der Waals surface area contributed by atoms with Crippen molar-refractivity contribution in [1.82, 2.24) is 10.2 Å². The van der Waals surface area contributed by atoms with Gasteiger partial charge < -0.3 is 10.2 Å². The van der Waals surface area contributed by atoms with Crippen LogP contribution in [-0.4, -0.2) is 36.5 Å². The van der Waals surface area contributed by atoms with Gasteiger partial charge in [0.2, 0.25) is 5.91 Å². The Morgan fingerprint density at radius 1 is 1.41 bits per heavy atom. The molecule has 0 aromatic heterocycles. The van der Waals surface area contributed by atoms with Crippen LogP contribution in [-0.2, 0) is 11.2 Å². The molecule has 4 heteroatoms. The topological polar surface area (TPSA) is 32.3 Å². The molecule has 92 valence electrons. The second-order valence-corrected chi connectivity index (χ2v) is 5.21. The number of carbonyl (C=O) groups is 1. The van der Waals surface area contributed by atoms with Gasteiger partial charge >= 0.3 is 0 Å². The Kier molecular flexibility index (Phi) is 4.18. The summed E-state index contributed by atoms with van der Waals surface area (Å²) in [5.41, 5.74) is 1.07.